The molecule has 0 radical (unpaired) electrons. The molecule has 1 N–H and O–H groups in total. The number of fused-ring (bicyclic) bond motifs is 1. The highest BCUT2D eigenvalue weighted by Crippen LogP contribution is 2.25. The van der Waals surface area contributed by atoms with E-state index in [2.05, 4.69) is 5.32 Å². The van der Waals surface area contributed by atoms with E-state index in [9.17, 15) is 9.59 Å². The standard InChI is InChI=1S/C23H21ClN2O4/c1-26(14-21-29-11-12-30-21)23(28)19-13-16(24)9-10-20(19)25-22(27)18-8-4-6-15-5-2-3-7-17(15)18/h2-10,13,21H,11-12,14H2,1H3,(H,25,27). The van der Waals surface area contributed by atoms with Crippen LogP contribution in [0.3, 0.4) is 0 Å². The van der Waals surface area contributed by atoms with Gasteiger partial charge < -0.3 is 19.7 Å². The molecule has 1 fully saturated rings. The van der Waals surface area contributed by atoms with Gasteiger partial charge in [-0.05, 0) is 35.0 Å². The summed E-state index contributed by atoms with van der Waals surface area (Å²) < 4.78 is 10.8. The fraction of sp³-hybridized carbons (Fsp3) is 0.217. The second-order valence-corrected chi connectivity index (χ2v) is 7.46. The first-order valence-corrected chi connectivity index (χ1v) is 9.98. The Balaban J connectivity index is 1.60. The Morgan fingerprint density at radius 3 is 2.57 bits per heavy atom. The summed E-state index contributed by atoms with van der Waals surface area (Å²) in [4.78, 5) is 27.6. The van der Waals surface area contributed by atoms with Gasteiger partial charge in [-0.15, -0.1) is 0 Å². The average molecular weight is 425 g/mol. The highest BCUT2D eigenvalue weighted by atomic mass is 35.5. The molecule has 6 nitrogen and oxygen atoms in total. The molecule has 0 atom stereocenters. The number of rotatable bonds is 5. The van der Waals surface area contributed by atoms with E-state index in [4.69, 9.17) is 21.1 Å². The van der Waals surface area contributed by atoms with Crippen molar-refractivity contribution in [2.75, 3.05) is 32.1 Å². The van der Waals surface area contributed by atoms with Gasteiger partial charge in [0.1, 0.15) is 0 Å². The maximum atomic E-state index is 13.0. The predicted octanol–water partition coefficient (Wildman–Crippen LogP) is 4.19. The van der Waals surface area contributed by atoms with Crippen molar-refractivity contribution in [1.82, 2.24) is 4.90 Å². The van der Waals surface area contributed by atoms with Crippen molar-refractivity contribution in [2.24, 2.45) is 0 Å². The van der Waals surface area contributed by atoms with Gasteiger partial charge in [-0.3, -0.25) is 9.59 Å². The molecular weight excluding hydrogens is 404 g/mol. The van der Waals surface area contributed by atoms with E-state index in [1.165, 1.54) is 4.90 Å². The summed E-state index contributed by atoms with van der Waals surface area (Å²) in [5, 5.41) is 5.08. The Bertz CT molecular complexity index is 1090. The van der Waals surface area contributed by atoms with Gasteiger partial charge in [0.2, 0.25) is 0 Å². The molecule has 7 heteroatoms. The zero-order valence-corrected chi connectivity index (χ0v) is 17.2. The third-order valence-corrected chi connectivity index (χ3v) is 5.19. The second-order valence-electron chi connectivity index (χ2n) is 7.03. The summed E-state index contributed by atoms with van der Waals surface area (Å²) in [6.45, 7) is 1.30. The third-order valence-electron chi connectivity index (χ3n) is 4.95. The molecule has 0 aromatic heterocycles. The Hall–Kier alpha value is -2.93. The molecule has 1 aliphatic rings. The minimum atomic E-state index is -0.452. The van der Waals surface area contributed by atoms with Gasteiger partial charge in [0.05, 0.1) is 31.0 Å². The summed E-state index contributed by atoms with van der Waals surface area (Å²) in [5.41, 5.74) is 1.22. The van der Waals surface area contributed by atoms with Gasteiger partial charge in [-0.2, -0.15) is 0 Å². The van der Waals surface area contributed by atoms with E-state index in [1.54, 1.807) is 31.3 Å². The number of ether oxygens (including phenoxy) is 2. The molecule has 2 amide bonds. The van der Waals surface area contributed by atoms with Crippen LogP contribution in [-0.4, -0.2) is 49.8 Å². The minimum Gasteiger partial charge on any atom is -0.348 e. The van der Waals surface area contributed by atoms with Crippen LogP contribution in [0.2, 0.25) is 5.02 Å². The van der Waals surface area contributed by atoms with Crippen molar-refractivity contribution in [3.05, 3.63) is 76.8 Å². The fourth-order valence-electron chi connectivity index (χ4n) is 3.44. The van der Waals surface area contributed by atoms with Gasteiger partial charge in [0, 0.05) is 17.6 Å². The number of hydrogen-bond acceptors (Lipinski definition) is 4. The van der Waals surface area contributed by atoms with Crippen molar-refractivity contribution >= 4 is 39.9 Å². The summed E-state index contributed by atoms with van der Waals surface area (Å²) in [7, 11) is 1.66. The number of carbonyl (C=O) groups is 2. The Kier molecular flexibility index (Phi) is 5.99. The zero-order valence-electron chi connectivity index (χ0n) is 16.4. The van der Waals surface area contributed by atoms with Gasteiger partial charge in [-0.1, -0.05) is 48.0 Å². The van der Waals surface area contributed by atoms with Crippen LogP contribution in [0.1, 0.15) is 20.7 Å². The molecule has 0 unspecified atom stereocenters. The van der Waals surface area contributed by atoms with Gasteiger partial charge >= 0.3 is 0 Å². The normalized spacial score (nSPS) is 14.1. The monoisotopic (exact) mass is 424 g/mol. The number of nitrogens with zero attached hydrogens (tertiary/aromatic N) is 1. The lowest BCUT2D eigenvalue weighted by molar-refractivity contribution is -0.0543. The lowest BCUT2D eigenvalue weighted by Gasteiger charge is -2.22. The molecular formula is C23H21ClN2O4. The van der Waals surface area contributed by atoms with E-state index < -0.39 is 6.29 Å². The maximum Gasteiger partial charge on any atom is 0.256 e. The smallest absolute Gasteiger partial charge is 0.256 e. The number of benzene rings is 3. The SMILES string of the molecule is CN(CC1OCCO1)C(=O)c1cc(Cl)ccc1NC(=O)c1cccc2ccccc12. The predicted molar refractivity (Wildman–Crippen MR) is 116 cm³/mol. The highest BCUT2D eigenvalue weighted by molar-refractivity contribution is 6.31. The molecule has 30 heavy (non-hydrogen) atoms. The number of hydrogen-bond donors (Lipinski definition) is 1. The molecule has 0 aliphatic carbocycles. The van der Waals surface area contributed by atoms with Crippen LogP contribution >= 0.6 is 11.6 Å². The van der Waals surface area contributed by atoms with Crippen LogP contribution in [-0.2, 0) is 9.47 Å². The Morgan fingerprint density at radius 1 is 1.03 bits per heavy atom. The molecule has 0 spiro atoms. The molecule has 0 saturated carbocycles. The van der Waals surface area contributed by atoms with Crippen molar-refractivity contribution in [3.8, 4) is 0 Å². The van der Waals surface area contributed by atoms with Gasteiger partial charge in [-0.25, -0.2) is 0 Å². The van der Waals surface area contributed by atoms with Crippen LogP contribution < -0.4 is 5.32 Å². The summed E-state index contributed by atoms with van der Waals surface area (Å²) in [6.07, 6.45) is -0.452. The molecule has 154 valence electrons. The number of nitrogens with one attached hydrogen (secondary N) is 1. The van der Waals surface area contributed by atoms with Crippen LogP contribution in [0.25, 0.3) is 10.8 Å². The van der Waals surface area contributed by atoms with Gasteiger partial charge in [0.15, 0.2) is 6.29 Å². The lowest BCUT2D eigenvalue weighted by Crippen LogP contribution is -2.35. The number of likely N-dealkylation sites (N-methyl/N-ethyl adjacent to an activating group) is 1. The van der Waals surface area contributed by atoms with E-state index >= 15 is 0 Å². The summed E-state index contributed by atoms with van der Waals surface area (Å²) in [6, 6.07) is 18.0. The number of amides is 2. The van der Waals surface area contributed by atoms with Crippen LogP contribution in [0.15, 0.2) is 60.7 Å². The van der Waals surface area contributed by atoms with E-state index in [0.29, 0.717) is 35.1 Å². The molecule has 1 heterocycles. The van der Waals surface area contributed by atoms with Crippen LogP contribution in [0.4, 0.5) is 5.69 Å². The van der Waals surface area contributed by atoms with Gasteiger partial charge in [0.25, 0.3) is 11.8 Å². The quantitative estimate of drug-likeness (QED) is 0.666. The van der Waals surface area contributed by atoms with E-state index in [1.807, 2.05) is 36.4 Å². The number of anilines is 1. The molecule has 3 aromatic carbocycles. The summed E-state index contributed by atoms with van der Waals surface area (Å²) in [5.74, 6) is -0.585. The average Bonchev–Trinajstić information content (AvgIpc) is 3.27. The molecule has 0 bridgehead atoms. The highest BCUT2D eigenvalue weighted by Gasteiger charge is 2.24. The minimum absolute atomic E-state index is 0.280. The molecule has 1 aliphatic heterocycles. The first-order chi connectivity index (χ1) is 14.5. The summed E-state index contributed by atoms with van der Waals surface area (Å²) >= 11 is 6.13. The Morgan fingerprint density at radius 2 is 1.77 bits per heavy atom. The van der Waals surface area contributed by atoms with Crippen molar-refractivity contribution < 1.29 is 19.1 Å². The molecule has 1 saturated heterocycles. The fourth-order valence-corrected chi connectivity index (χ4v) is 3.61. The van der Waals surface area contributed by atoms with E-state index in [-0.39, 0.29) is 18.4 Å². The lowest BCUT2D eigenvalue weighted by atomic mass is 10.0. The van der Waals surface area contributed by atoms with Crippen molar-refractivity contribution in [1.29, 1.82) is 0 Å². The van der Waals surface area contributed by atoms with Crippen LogP contribution in [0, 0.1) is 0 Å². The zero-order chi connectivity index (χ0) is 21.1. The van der Waals surface area contributed by atoms with Crippen LogP contribution in [0.5, 0.6) is 0 Å². The second kappa shape index (κ2) is 8.83. The molecule has 3 aromatic rings. The molecule has 4 rings (SSSR count). The van der Waals surface area contributed by atoms with E-state index in [0.717, 1.165) is 10.8 Å². The Labute approximate surface area is 179 Å². The number of carbonyl (C=O) groups excluding carboxylic acids is 2. The van der Waals surface area contributed by atoms with Crippen molar-refractivity contribution in [3.63, 3.8) is 0 Å². The topological polar surface area (TPSA) is 67.9 Å². The third kappa shape index (κ3) is 4.31. The first-order valence-electron chi connectivity index (χ1n) is 9.60. The number of halogens is 1. The van der Waals surface area contributed by atoms with Crippen molar-refractivity contribution in [2.45, 2.75) is 6.29 Å². The maximum absolute atomic E-state index is 13.0. The largest absolute Gasteiger partial charge is 0.348 e. The first kappa shape index (κ1) is 20.3.